The van der Waals surface area contributed by atoms with Crippen molar-refractivity contribution in [1.29, 1.82) is 0 Å². The first kappa shape index (κ1) is 13.5. The van der Waals surface area contributed by atoms with Gasteiger partial charge in [-0.25, -0.2) is 4.98 Å². The van der Waals surface area contributed by atoms with Gasteiger partial charge >= 0.3 is 0 Å². The molecule has 0 fully saturated rings. The second-order valence-electron chi connectivity index (χ2n) is 4.26. The zero-order valence-electron chi connectivity index (χ0n) is 11.3. The minimum absolute atomic E-state index is 0.0604. The number of thiazole rings is 1. The summed E-state index contributed by atoms with van der Waals surface area (Å²) in [5, 5.41) is 7.07. The summed E-state index contributed by atoms with van der Waals surface area (Å²) in [6, 6.07) is 5.70. The summed E-state index contributed by atoms with van der Waals surface area (Å²) in [5.74, 6) is -0.0604. The number of carbonyl (C=O) groups excluding carboxylic acids is 1. The quantitative estimate of drug-likeness (QED) is 0.902. The average molecular weight is 275 g/mol. The molecule has 4 nitrogen and oxygen atoms in total. The number of benzene rings is 1. The van der Waals surface area contributed by atoms with Gasteiger partial charge in [-0.2, -0.15) is 0 Å². The van der Waals surface area contributed by atoms with E-state index >= 15 is 0 Å². The third-order valence-electron chi connectivity index (χ3n) is 2.93. The first-order valence-electron chi connectivity index (χ1n) is 6.08. The molecule has 1 amide bonds. The van der Waals surface area contributed by atoms with Crippen LogP contribution in [-0.2, 0) is 6.54 Å². The summed E-state index contributed by atoms with van der Waals surface area (Å²) >= 11 is 1.67. The summed E-state index contributed by atoms with van der Waals surface area (Å²) < 4.78 is 0. The second kappa shape index (κ2) is 5.84. The normalized spacial score (nSPS) is 10.3. The largest absolute Gasteiger partial charge is 0.380 e. The minimum atomic E-state index is -0.0604. The van der Waals surface area contributed by atoms with Crippen molar-refractivity contribution in [2.45, 2.75) is 20.4 Å². The number of hydrogen-bond acceptors (Lipinski definition) is 4. The van der Waals surface area contributed by atoms with Gasteiger partial charge < -0.3 is 10.6 Å². The Bertz CT molecular complexity index is 592. The number of aryl methyl sites for hydroxylation is 1. The maximum atomic E-state index is 11.7. The van der Waals surface area contributed by atoms with Crippen LogP contribution in [0, 0.1) is 13.8 Å². The fraction of sp³-hybridized carbons (Fsp3) is 0.286. The summed E-state index contributed by atoms with van der Waals surface area (Å²) in [7, 11) is 1.64. The summed E-state index contributed by atoms with van der Waals surface area (Å²) in [6.45, 7) is 4.67. The number of hydrogen-bond donors (Lipinski definition) is 2. The lowest BCUT2D eigenvalue weighted by atomic mass is 10.1. The van der Waals surface area contributed by atoms with Gasteiger partial charge in [0.05, 0.1) is 11.6 Å². The Labute approximate surface area is 116 Å². The Morgan fingerprint density at radius 1 is 1.37 bits per heavy atom. The first-order chi connectivity index (χ1) is 9.11. The molecule has 1 aromatic heterocycles. The molecule has 5 heteroatoms. The zero-order chi connectivity index (χ0) is 13.8. The van der Waals surface area contributed by atoms with Gasteiger partial charge in [0.25, 0.3) is 5.91 Å². The van der Waals surface area contributed by atoms with Crippen LogP contribution in [0.2, 0.25) is 0 Å². The average Bonchev–Trinajstić information content (AvgIpc) is 2.82. The Morgan fingerprint density at radius 2 is 2.16 bits per heavy atom. The second-order valence-corrected chi connectivity index (χ2v) is 5.58. The van der Waals surface area contributed by atoms with Gasteiger partial charge in [0, 0.05) is 29.4 Å². The highest BCUT2D eigenvalue weighted by Crippen LogP contribution is 2.21. The number of nitrogens with zero attached hydrogens (tertiary/aromatic N) is 1. The number of aromatic nitrogens is 1. The van der Waals surface area contributed by atoms with E-state index in [1.807, 2.05) is 38.2 Å². The van der Waals surface area contributed by atoms with Crippen molar-refractivity contribution in [2.75, 3.05) is 12.4 Å². The molecule has 0 unspecified atom stereocenters. The van der Waals surface area contributed by atoms with Gasteiger partial charge in [0.1, 0.15) is 0 Å². The molecule has 1 aromatic carbocycles. The van der Waals surface area contributed by atoms with E-state index in [-0.39, 0.29) is 5.91 Å². The van der Waals surface area contributed by atoms with Crippen LogP contribution < -0.4 is 10.6 Å². The molecule has 0 spiro atoms. The molecular formula is C14H17N3OS. The van der Waals surface area contributed by atoms with E-state index in [2.05, 4.69) is 15.6 Å². The SMILES string of the molecule is CNC(=O)c1cccc(NCc2cnc(C)s2)c1C. The van der Waals surface area contributed by atoms with Crippen LogP contribution in [0.15, 0.2) is 24.4 Å². The zero-order valence-corrected chi connectivity index (χ0v) is 12.1. The Kier molecular flexibility index (Phi) is 4.16. The van der Waals surface area contributed by atoms with E-state index < -0.39 is 0 Å². The Hall–Kier alpha value is -1.88. The molecule has 0 aliphatic carbocycles. The number of nitrogens with one attached hydrogen (secondary N) is 2. The molecule has 0 atom stereocenters. The highest BCUT2D eigenvalue weighted by Gasteiger charge is 2.10. The molecule has 2 aromatic rings. The van der Waals surface area contributed by atoms with Crippen LogP contribution in [0.1, 0.15) is 25.8 Å². The maximum absolute atomic E-state index is 11.7. The minimum Gasteiger partial charge on any atom is -0.380 e. The van der Waals surface area contributed by atoms with Crippen LogP contribution >= 0.6 is 11.3 Å². The lowest BCUT2D eigenvalue weighted by Gasteiger charge is -2.11. The van der Waals surface area contributed by atoms with E-state index in [9.17, 15) is 4.79 Å². The van der Waals surface area contributed by atoms with Gasteiger partial charge in [0.15, 0.2) is 0 Å². The van der Waals surface area contributed by atoms with E-state index in [1.165, 1.54) is 4.88 Å². The van der Waals surface area contributed by atoms with Crippen LogP contribution in [0.25, 0.3) is 0 Å². The lowest BCUT2D eigenvalue weighted by molar-refractivity contribution is 0.0962. The van der Waals surface area contributed by atoms with E-state index in [1.54, 1.807) is 18.4 Å². The fourth-order valence-electron chi connectivity index (χ4n) is 1.88. The molecule has 0 bridgehead atoms. The molecule has 0 saturated carbocycles. The van der Waals surface area contributed by atoms with Gasteiger partial charge in [-0.3, -0.25) is 4.79 Å². The molecule has 2 rings (SSSR count). The van der Waals surface area contributed by atoms with Gasteiger partial charge in [0.2, 0.25) is 0 Å². The molecule has 0 aliphatic heterocycles. The number of rotatable bonds is 4. The fourth-order valence-corrected chi connectivity index (χ4v) is 2.61. The van der Waals surface area contributed by atoms with Gasteiger partial charge in [-0.05, 0) is 31.5 Å². The summed E-state index contributed by atoms with van der Waals surface area (Å²) in [6.07, 6.45) is 1.88. The molecule has 2 N–H and O–H groups in total. The van der Waals surface area contributed by atoms with Crippen molar-refractivity contribution in [3.63, 3.8) is 0 Å². The standard InChI is InChI=1S/C14H17N3OS/c1-9-12(14(18)15-3)5-4-6-13(9)17-8-11-7-16-10(2)19-11/h4-7,17H,8H2,1-3H3,(H,15,18). The molecule has 0 radical (unpaired) electrons. The first-order valence-corrected chi connectivity index (χ1v) is 6.90. The summed E-state index contributed by atoms with van der Waals surface area (Å²) in [4.78, 5) is 17.1. The molecule has 1 heterocycles. The molecular weight excluding hydrogens is 258 g/mol. The highest BCUT2D eigenvalue weighted by atomic mass is 32.1. The van der Waals surface area contributed by atoms with E-state index in [4.69, 9.17) is 0 Å². The van der Waals surface area contributed by atoms with Crippen LogP contribution in [0.3, 0.4) is 0 Å². The predicted molar refractivity (Wildman–Crippen MR) is 78.7 cm³/mol. The van der Waals surface area contributed by atoms with E-state index in [0.29, 0.717) is 5.56 Å². The molecule has 19 heavy (non-hydrogen) atoms. The van der Waals surface area contributed by atoms with Crippen molar-refractivity contribution in [3.8, 4) is 0 Å². The monoisotopic (exact) mass is 275 g/mol. The maximum Gasteiger partial charge on any atom is 0.251 e. The van der Waals surface area contributed by atoms with Gasteiger partial charge in [-0.15, -0.1) is 11.3 Å². The van der Waals surface area contributed by atoms with Crippen LogP contribution in [0.5, 0.6) is 0 Å². The van der Waals surface area contributed by atoms with Crippen LogP contribution in [-0.4, -0.2) is 17.9 Å². The summed E-state index contributed by atoms with van der Waals surface area (Å²) in [5.41, 5.74) is 2.64. The van der Waals surface area contributed by atoms with Crippen molar-refractivity contribution in [3.05, 3.63) is 45.4 Å². The molecule has 0 aliphatic rings. The van der Waals surface area contributed by atoms with Crippen molar-refractivity contribution < 1.29 is 4.79 Å². The molecule has 100 valence electrons. The third-order valence-corrected chi connectivity index (χ3v) is 3.84. The Morgan fingerprint density at radius 3 is 2.79 bits per heavy atom. The van der Waals surface area contributed by atoms with Gasteiger partial charge in [-0.1, -0.05) is 6.07 Å². The van der Waals surface area contributed by atoms with E-state index in [0.717, 1.165) is 22.8 Å². The number of anilines is 1. The lowest BCUT2D eigenvalue weighted by Crippen LogP contribution is -2.19. The third kappa shape index (κ3) is 3.12. The number of carbonyl (C=O) groups is 1. The smallest absolute Gasteiger partial charge is 0.251 e. The van der Waals surface area contributed by atoms with Crippen LogP contribution in [0.4, 0.5) is 5.69 Å². The highest BCUT2D eigenvalue weighted by molar-refractivity contribution is 7.11. The Balaban J connectivity index is 2.14. The predicted octanol–water partition coefficient (Wildman–Crippen LogP) is 2.73. The van der Waals surface area contributed by atoms with Crippen molar-refractivity contribution in [2.24, 2.45) is 0 Å². The van der Waals surface area contributed by atoms with Crippen molar-refractivity contribution in [1.82, 2.24) is 10.3 Å². The van der Waals surface area contributed by atoms with Crippen molar-refractivity contribution >= 4 is 22.9 Å². The number of amides is 1. The topological polar surface area (TPSA) is 54.0 Å². The molecule has 0 saturated heterocycles.